The summed E-state index contributed by atoms with van der Waals surface area (Å²) in [4.78, 5) is 0. The van der Waals surface area contributed by atoms with E-state index >= 15 is 0 Å². The Balaban J connectivity index is 2.59. The fourth-order valence-corrected chi connectivity index (χ4v) is 1.80. The predicted molar refractivity (Wildman–Crippen MR) is 46.5 cm³/mol. The zero-order valence-electron chi connectivity index (χ0n) is 7.81. The van der Waals surface area contributed by atoms with Gasteiger partial charge in [0.2, 0.25) is 0 Å². The van der Waals surface area contributed by atoms with Crippen molar-refractivity contribution in [1.29, 1.82) is 0 Å². The third-order valence-corrected chi connectivity index (χ3v) is 2.44. The number of ether oxygens (including phenoxy) is 1. The van der Waals surface area contributed by atoms with Crippen LogP contribution in [-0.2, 0) is 4.74 Å². The lowest BCUT2D eigenvalue weighted by Crippen LogP contribution is -2.48. The molecule has 0 aliphatic carbocycles. The standard InChI is InChI=1S/C9H19NO/c1-8(2)5-4-6-9(3,7-10)11-8/h4-7,10H2,1-3H3/t9-/m0/s1. The first-order valence-electron chi connectivity index (χ1n) is 4.38. The normalized spacial score (nSPS) is 37.1. The molecule has 2 nitrogen and oxygen atoms in total. The molecule has 66 valence electrons. The molecule has 1 rings (SSSR count). The van der Waals surface area contributed by atoms with E-state index in [2.05, 4.69) is 20.8 Å². The average Bonchev–Trinajstić information content (AvgIpc) is 1.85. The Hall–Kier alpha value is -0.0800. The molecule has 0 aromatic heterocycles. The SMILES string of the molecule is CC1(C)CCC[C@@](C)(CN)O1. The van der Waals surface area contributed by atoms with Crippen molar-refractivity contribution in [2.45, 2.75) is 51.2 Å². The van der Waals surface area contributed by atoms with E-state index in [-0.39, 0.29) is 11.2 Å². The minimum absolute atomic E-state index is 0.0341. The van der Waals surface area contributed by atoms with Gasteiger partial charge in [0, 0.05) is 6.54 Å². The minimum Gasteiger partial charge on any atom is -0.368 e. The Bertz CT molecular complexity index is 144. The highest BCUT2D eigenvalue weighted by atomic mass is 16.5. The first-order valence-corrected chi connectivity index (χ1v) is 4.38. The van der Waals surface area contributed by atoms with Crippen molar-refractivity contribution in [3.63, 3.8) is 0 Å². The van der Waals surface area contributed by atoms with Gasteiger partial charge in [-0.1, -0.05) is 0 Å². The average molecular weight is 157 g/mol. The molecule has 1 saturated heterocycles. The van der Waals surface area contributed by atoms with Crippen LogP contribution < -0.4 is 5.73 Å². The first-order chi connectivity index (χ1) is 4.97. The van der Waals surface area contributed by atoms with Crippen LogP contribution in [-0.4, -0.2) is 17.7 Å². The van der Waals surface area contributed by atoms with E-state index in [0.29, 0.717) is 6.54 Å². The zero-order chi connectivity index (χ0) is 8.54. The van der Waals surface area contributed by atoms with E-state index < -0.39 is 0 Å². The Morgan fingerprint density at radius 1 is 1.27 bits per heavy atom. The molecule has 0 radical (unpaired) electrons. The van der Waals surface area contributed by atoms with Crippen LogP contribution in [0.3, 0.4) is 0 Å². The van der Waals surface area contributed by atoms with Crippen molar-refractivity contribution in [2.24, 2.45) is 5.73 Å². The van der Waals surface area contributed by atoms with Crippen molar-refractivity contribution >= 4 is 0 Å². The molecule has 0 amide bonds. The van der Waals surface area contributed by atoms with Gasteiger partial charge in [-0.2, -0.15) is 0 Å². The second-order valence-electron chi connectivity index (χ2n) is 4.37. The molecule has 1 aliphatic rings. The lowest BCUT2D eigenvalue weighted by molar-refractivity contribution is -0.159. The molecule has 0 saturated carbocycles. The van der Waals surface area contributed by atoms with Gasteiger partial charge >= 0.3 is 0 Å². The quantitative estimate of drug-likeness (QED) is 0.628. The van der Waals surface area contributed by atoms with Gasteiger partial charge in [0.25, 0.3) is 0 Å². The summed E-state index contributed by atoms with van der Waals surface area (Å²) in [6.45, 7) is 7.02. The van der Waals surface area contributed by atoms with Crippen LogP contribution in [0.25, 0.3) is 0 Å². The monoisotopic (exact) mass is 157 g/mol. The van der Waals surface area contributed by atoms with Crippen LogP contribution in [0, 0.1) is 0 Å². The summed E-state index contributed by atoms with van der Waals surface area (Å²) < 4.78 is 5.89. The van der Waals surface area contributed by atoms with Crippen LogP contribution in [0.4, 0.5) is 0 Å². The number of rotatable bonds is 1. The predicted octanol–water partition coefficient (Wildman–Crippen LogP) is 1.68. The summed E-state index contributed by atoms with van der Waals surface area (Å²) >= 11 is 0. The maximum Gasteiger partial charge on any atom is 0.0783 e. The molecule has 1 atom stereocenters. The molecule has 0 aromatic rings. The number of hydrogen-bond acceptors (Lipinski definition) is 2. The third-order valence-electron chi connectivity index (χ3n) is 2.44. The van der Waals surface area contributed by atoms with Crippen LogP contribution in [0.2, 0.25) is 0 Å². The van der Waals surface area contributed by atoms with Gasteiger partial charge in [0.1, 0.15) is 0 Å². The second kappa shape index (κ2) is 2.76. The summed E-state index contributed by atoms with van der Waals surface area (Å²) in [5.74, 6) is 0. The Kier molecular flexibility index (Phi) is 2.26. The van der Waals surface area contributed by atoms with Crippen LogP contribution in [0.15, 0.2) is 0 Å². The summed E-state index contributed by atoms with van der Waals surface area (Å²) in [5.41, 5.74) is 5.60. The van der Waals surface area contributed by atoms with Crippen LogP contribution in [0.5, 0.6) is 0 Å². The molecular weight excluding hydrogens is 138 g/mol. The zero-order valence-corrected chi connectivity index (χ0v) is 7.81. The van der Waals surface area contributed by atoms with E-state index in [1.54, 1.807) is 0 Å². The molecule has 1 aliphatic heterocycles. The molecule has 1 heterocycles. The lowest BCUT2D eigenvalue weighted by atomic mass is 9.88. The van der Waals surface area contributed by atoms with E-state index in [9.17, 15) is 0 Å². The third kappa shape index (κ3) is 2.17. The van der Waals surface area contributed by atoms with E-state index in [1.807, 2.05) is 0 Å². The maximum absolute atomic E-state index is 5.89. The van der Waals surface area contributed by atoms with Gasteiger partial charge in [-0.05, 0) is 40.0 Å². The van der Waals surface area contributed by atoms with Crippen molar-refractivity contribution in [3.05, 3.63) is 0 Å². The summed E-state index contributed by atoms with van der Waals surface area (Å²) in [5, 5.41) is 0. The van der Waals surface area contributed by atoms with Crippen LogP contribution in [0.1, 0.15) is 40.0 Å². The van der Waals surface area contributed by atoms with Gasteiger partial charge in [0.05, 0.1) is 11.2 Å². The molecule has 0 bridgehead atoms. The maximum atomic E-state index is 5.89. The molecular formula is C9H19NO. The largest absolute Gasteiger partial charge is 0.368 e. The summed E-state index contributed by atoms with van der Waals surface area (Å²) in [6, 6.07) is 0. The lowest BCUT2D eigenvalue weighted by Gasteiger charge is -2.42. The highest BCUT2D eigenvalue weighted by Crippen LogP contribution is 2.33. The fraction of sp³-hybridized carbons (Fsp3) is 1.00. The molecule has 2 N–H and O–H groups in total. The molecule has 1 fully saturated rings. The molecule has 0 spiro atoms. The van der Waals surface area contributed by atoms with E-state index in [0.717, 1.165) is 12.8 Å². The molecule has 11 heavy (non-hydrogen) atoms. The van der Waals surface area contributed by atoms with Gasteiger partial charge in [0.15, 0.2) is 0 Å². The highest BCUT2D eigenvalue weighted by molar-refractivity contribution is 4.87. The topological polar surface area (TPSA) is 35.2 Å². The molecule has 0 aromatic carbocycles. The first kappa shape index (κ1) is 9.01. The Morgan fingerprint density at radius 2 is 1.91 bits per heavy atom. The Morgan fingerprint density at radius 3 is 2.27 bits per heavy atom. The fourth-order valence-electron chi connectivity index (χ4n) is 1.80. The highest BCUT2D eigenvalue weighted by Gasteiger charge is 2.35. The second-order valence-corrected chi connectivity index (χ2v) is 4.37. The summed E-state index contributed by atoms with van der Waals surface area (Å²) in [6.07, 6.45) is 3.50. The number of hydrogen-bond donors (Lipinski definition) is 1. The van der Waals surface area contributed by atoms with Crippen molar-refractivity contribution in [3.8, 4) is 0 Å². The minimum atomic E-state index is -0.0677. The van der Waals surface area contributed by atoms with Gasteiger partial charge in [-0.25, -0.2) is 0 Å². The van der Waals surface area contributed by atoms with E-state index in [1.165, 1.54) is 6.42 Å². The van der Waals surface area contributed by atoms with Crippen LogP contribution >= 0.6 is 0 Å². The summed E-state index contributed by atoms with van der Waals surface area (Å²) in [7, 11) is 0. The van der Waals surface area contributed by atoms with E-state index in [4.69, 9.17) is 10.5 Å². The van der Waals surface area contributed by atoms with Gasteiger partial charge in [-0.3, -0.25) is 0 Å². The number of nitrogens with two attached hydrogens (primary N) is 1. The van der Waals surface area contributed by atoms with Crippen molar-refractivity contribution in [1.82, 2.24) is 0 Å². The molecule has 2 heteroatoms. The smallest absolute Gasteiger partial charge is 0.0783 e. The Labute approximate surface area is 69.1 Å². The molecule has 0 unspecified atom stereocenters. The van der Waals surface area contributed by atoms with Crippen molar-refractivity contribution in [2.75, 3.05) is 6.54 Å². The van der Waals surface area contributed by atoms with Gasteiger partial charge < -0.3 is 10.5 Å². The van der Waals surface area contributed by atoms with Crippen molar-refractivity contribution < 1.29 is 4.74 Å². The van der Waals surface area contributed by atoms with Gasteiger partial charge in [-0.15, -0.1) is 0 Å².